The lowest BCUT2D eigenvalue weighted by molar-refractivity contribution is 0.0729. The van der Waals surface area contributed by atoms with Gasteiger partial charge in [-0.2, -0.15) is 0 Å². The lowest BCUT2D eigenvalue weighted by Gasteiger charge is -2.22. The minimum absolute atomic E-state index is 0.0108. The summed E-state index contributed by atoms with van der Waals surface area (Å²) in [5.74, 6) is 0.840. The van der Waals surface area contributed by atoms with Crippen molar-refractivity contribution in [2.45, 2.75) is 18.9 Å². The largest absolute Gasteiger partial charge is 0.457 e. The Kier molecular flexibility index (Phi) is 2.95. The van der Waals surface area contributed by atoms with Crippen LogP contribution in [-0.2, 0) is 0 Å². The topological polar surface area (TPSA) is 62.1 Å². The van der Waals surface area contributed by atoms with Crippen LogP contribution in [0.2, 0.25) is 0 Å². The van der Waals surface area contributed by atoms with E-state index in [-0.39, 0.29) is 11.9 Å². The standard InChI is InChI=1S/C12H12BrN3O2/c13-10-6-8(7-18-10)12(17)16-5-1-2-9(16)11-14-3-4-15-11/h3-4,6-7,9H,1-2,5H2,(H,14,15)/t9-/m1/s1. The van der Waals surface area contributed by atoms with E-state index < -0.39 is 0 Å². The Morgan fingerprint density at radius 3 is 3.17 bits per heavy atom. The summed E-state index contributed by atoms with van der Waals surface area (Å²) >= 11 is 3.21. The molecule has 1 fully saturated rings. The monoisotopic (exact) mass is 309 g/mol. The van der Waals surface area contributed by atoms with Crippen LogP contribution in [0.1, 0.15) is 35.1 Å². The van der Waals surface area contributed by atoms with Crippen LogP contribution < -0.4 is 0 Å². The van der Waals surface area contributed by atoms with E-state index in [1.165, 1.54) is 6.26 Å². The van der Waals surface area contributed by atoms with Crippen molar-refractivity contribution in [2.75, 3.05) is 6.54 Å². The quantitative estimate of drug-likeness (QED) is 0.927. The molecular formula is C12H12BrN3O2. The van der Waals surface area contributed by atoms with Crippen molar-refractivity contribution in [1.82, 2.24) is 14.9 Å². The van der Waals surface area contributed by atoms with Gasteiger partial charge in [0.25, 0.3) is 5.91 Å². The molecule has 1 saturated heterocycles. The number of carbonyl (C=O) groups is 1. The number of hydrogen-bond acceptors (Lipinski definition) is 3. The molecule has 0 spiro atoms. The number of nitrogens with one attached hydrogen (secondary N) is 1. The second-order valence-corrected chi connectivity index (χ2v) is 5.05. The molecule has 5 nitrogen and oxygen atoms in total. The number of imidazole rings is 1. The Morgan fingerprint density at radius 2 is 2.50 bits per heavy atom. The average molecular weight is 310 g/mol. The van der Waals surface area contributed by atoms with E-state index in [0.29, 0.717) is 10.2 Å². The van der Waals surface area contributed by atoms with Crippen molar-refractivity contribution in [1.29, 1.82) is 0 Å². The molecule has 18 heavy (non-hydrogen) atoms. The first kappa shape index (κ1) is 11.5. The van der Waals surface area contributed by atoms with Gasteiger partial charge in [0.15, 0.2) is 4.67 Å². The van der Waals surface area contributed by atoms with Crippen molar-refractivity contribution < 1.29 is 9.21 Å². The van der Waals surface area contributed by atoms with Crippen molar-refractivity contribution in [3.05, 3.63) is 40.8 Å². The number of halogens is 1. The molecule has 0 radical (unpaired) electrons. The molecule has 2 aromatic heterocycles. The van der Waals surface area contributed by atoms with Crippen LogP contribution in [0.15, 0.2) is 33.8 Å². The van der Waals surface area contributed by atoms with Crippen LogP contribution in [0.4, 0.5) is 0 Å². The molecule has 1 amide bonds. The molecule has 1 aliphatic heterocycles. The highest BCUT2D eigenvalue weighted by atomic mass is 79.9. The molecule has 0 unspecified atom stereocenters. The van der Waals surface area contributed by atoms with E-state index in [0.717, 1.165) is 25.2 Å². The first-order valence-electron chi connectivity index (χ1n) is 5.80. The smallest absolute Gasteiger partial charge is 0.257 e. The number of carbonyl (C=O) groups excluding carboxylic acids is 1. The molecule has 0 saturated carbocycles. The molecule has 2 aromatic rings. The van der Waals surface area contributed by atoms with Gasteiger partial charge in [0.2, 0.25) is 0 Å². The van der Waals surface area contributed by atoms with Crippen LogP contribution in [0.5, 0.6) is 0 Å². The summed E-state index contributed by atoms with van der Waals surface area (Å²) in [6.07, 6.45) is 6.91. The van der Waals surface area contributed by atoms with Gasteiger partial charge in [0.1, 0.15) is 12.1 Å². The van der Waals surface area contributed by atoms with Crippen LogP contribution in [0.3, 0.4) is 0 Å². The average Bonchev–Trinajstić information content (AvgIpc) is 3.08. The van der Waals surface area contributed by atoms with Crippen LogP contribution >= 0.6 is 15.9 Å². The van der Waals surface area contributed by atoms with E-state index in [1.54, 1.807) is 18.5 Å². The molecule has 0 bridgehead atoms. The predicted octanol–water partition coefficient (Wildman–Crippen LogP) is 2.74. The number of rotatable bonds is 2. The second-order valence-electron chi connectivity index (χ2n) is 4.27. The van der Waals surface area contributed by atoms with E-state index in [4.69, 9.17) is 4.42 Å². The Labute approximate surface area is 112 Å². The van der Waals surface area contributed by atoms with E-state index >= 15 is 0 Å². The molecule has 1 atom stereocenters. The van der Waals surface area contributed by atoms with Crippen LogP contribution in [-0.4, -0.2) is 27.3 Å². The normalized spacial score (nSPS) is 19.4. The van der Waals surface area contributed by atoms with Crippen LogP contribution in [0, 0.1) is 0 Å². The molecule has 3 heterocycles. The maximum atomic E-state index is 12.4. The van der Waals surface area contributed by atoms with Gasteiger partial charge in [0, 0.05) is 25.0 Å². The van der Waals surface area contributed by atoms with Crippen molar-refractivity contribution >= 4 is 21.8 Å². The summed E-state index contributed by atoms with van der Waals surface area (Å²) in [6, 6.07) is 1.74. The van der Waals surface area contributed by atoms with E-state index in [9.17, 15) is 4.79 Å². The highest BCUT2D eigenvalue weighted by molar-refractivity contribution is 9.10. The molecule has 0 aromatic carbocycles. The number of likely N-dealkylation sites (tertiary alicyclic amines) is 1. The lowest BCUT2D eigenvalue weighted by atomic mass is 10.2. The number of H-pyrrole nitrogens is 1. The minimum atomic E-state index is -0.0108. The highest BCUT2D eigenvalue weighted by Gasteiger charge is 2.32. The zero-order valence-corrected chi connectivity index (χ0v) is 11.2. The lowest BCUT2D eigenvalue weighted by Crippen LogP contribution is -2.30. The molecule has 1 aliphatic rings. The zero-order chi connectivity index (χ0) is 12.5. The second kappa shape index (κ2) is 4.61. The summed E-state index contributed by atoms with van der Waals surface area (Å²) in [5.41, 5.74) is 0.570. The number of aromatic nitrogens is 2. The first-order chi connectivity index (χ1) is 8.75. The molecule has 3 rings (SSSR count). The molecule has 94 valence electrons. The molecular weight excluding hydrogens is 298 g/mol. The van der Waals surface area contributed by atoms with Gasteiger partial charge in [-0.25, -0.2) is 4.98 Å². The summed E-state index contributed by atoms with van der Waals surface area (Å²) in [4.78, 5) is 21.5. The SMILES string of the molecule is O=C(c1coc(Br)c1)N1CCC[C@@H]1c1ncc[nH]1. The fourth-order valence-corrected chi connectivity index (χ4v) is 2.68. The number of aromatic amines is 1. The summed E-state index contributed by atoms with van der Waals surface area (Å²) in [7, 11) is 0. The van der Waals surface area contributed by atoms with Crippen LogP contribution in [0.25, 0.3) is 0 Å². The first-order valence-corrected chi connectivity index (χ1v) is 6.59. The van der Waals surface area contributed by atoms with Crippen molar-refractivity contribution in [2.24, 2.45) is 0 Å². The van der Waals surface area contributed by atoms with Gasteiger partial charge < -0.3 is 14.3 Å². The third-order valence-electron chi connectivity index (χ3n) is 3.16. The summed E-state index contributed by atoms with van der Waals surface area (Å²) in [6.45, 7) is 0.757. The third kappa shape index (κ3) is 1.96. The molecule has 1 N–H and O–H groups in total. The fourth-order valence-electron chi connectivity index (χ4n) is 2.34. The maximum absolute atomic E-state index is 12.4. The van der Waals surface area contributed by atoms with Gasteiger partial charge in [0.05, 0.1) is 11.6 Å². The number of hydrogen-bond donors (Lipinski definition) is 1. The van der Waals surface area contributed by atoms with E-state index in [1.807, 2.05) is 4.90 Å². The van der Waals surface area contributed by atoms with E-state index in [2.05, 4.69) is 25.9 Å². The fraction of sp³-hybridized carbons (Fsp3) is 0.333. The molecule has 6 heteroatoms. The maximum Gasteiger partial charge on any atom is 0.257 e. The summed E-state index contributed by atoms with van der Waals surface area (Å²) < 4.78 is 5.69. The van der Waals surface area contributed by atoms with Gasteiger partial charge in [-0.1, -0.05) is 0 Å². The van der Waals surface area contributed by atoms with Crippen molar-refractivity contribution in [3.63, 3.8) is 0 Å². The predicted molar refractivity (Wildman–Crippen MR) is 68.0 cm³/mol. The van der Waals surface area contributed by atoms with Crippen molar-refractivity contribution in [3.8, 4) is 0 Å². The Hall–Kier alpha value is -1.56. The zero-order valence-electron chi connectivity index (χ0n) is 9.60. The number of nitrogens with zero attached hydrogens (tertiary/aromatic N) is 2. The number of amides is 1. The Morgan fingerprint density at radius 1 is 1.61 bits per heavy atom. The van der Waals surface area contributed by atoms with Gasteiger partial charge >= 0.3 is 0 Å². The Bertz CT molecular complexity index is 549. The minimum Gasteiger partial charge on any atom is -0.457 e. The third-order valence-corrected chi connectivity index (χ3v) is 3.58. The highest BCUT2D eigenvalue weighted by Crippen LogP contribution is 2.31. The number of furan rings is 1. The van der Waals surface area contributed by atoms with Gasteiger partial charge in [-0.3, -0.25) is 4.79 Å². The Balaban J connectivity index is 1.85. The van der Waals surface area contributed by atoms with Gasteiger partial charge in [-0.05, 0) is 28.8 Å². The summed E-state index contributed by atoms with van der Waals surface area (Å²) in [5, 5.41) is 0. The molecule has 0 aliphatic carbocycles. The van der Waals surface area contributed by atoms with Gasteiger partial charge in [-0.15, -0.1) is 0 Å².